The first-order valence-corrected chi connectivity index (χ1v) is 14.8. The summed E-state index contributed by atoms with van der Waals surface area (Å²) in [5.74, 6) is -1.10. The SMILES string of the molecule is CCCP(=O)(Nc1cc(-c2ccc(-c3cc4ncccn4n3)cc2)sc1C(=O)O)c1ccc(Cl)cc1Cl. The van der Waals surface area contributed by atoms with E-state index in [2.05, 4.69) is 15.2 Å². The molecule has 11 heteroatoms. The van der Waals surface area contributed by atoms with Crippen LogP contribution in [0.25, 0.3) is 27.3 Å². The van der Waals surface area contributed by atoms with Gasteiger partial charge in [-0.2, -0.15) is 5.10 Å². The average Bonchev–Trinajstić information content (AvgIpc) is 3.48. The van der Waals surface area contributed by atoms with Crippen molar-refractivity contribution in [1.82, 2.24) is 14.6 Å². The van der Waals surface area contributed by atoms with Gasteiger partial charge >= 0.3 is 5.97 Å². The second-order valence-corrected chi connectivity index (χ2v) is 12.9. The van der Waals surface area contributed by atoms with Gasteiger partial charge in [-0.25, -0.2) is 14.3 Å². The topological polar surface area (TPSA) is 96.6 Å². The summed E-state index contributed by atoms with van der Waals surface area (Å²) in [5.41, 5.74) is 3.57. The Morgan fingerprint density at radius 1 is 1.11 bits per heavy atom. The van der Waals surface area contributed by atoms with Gasteiger partial charge in [-0.1, -0.05) is 54.4 Å². The van der Waals surface area contributed by atoms with E-state index in [1.165, 1.54) is 0 Å². The third-order valence-corrected chi connectivity index (χ3v) is 10.5. The van der Waals surface area contributed by atoms with Crippen LogP contribution < -0.4 is 10.4 Å². The number of hydrogen-bond donors (Lipinski definition) is 2. The van der Waals surface area contributed by atoms with Gasteiger partial charge in [-0.05, 0) is 42.3 Å². The highest BCUT2D eigenvalue weighted by Crippen LogP contribution is 2.49. The molecule has 2 N–H and O–H groups in total. The zero-order valence-corrected chi connectivity index (χ0v) is 22.8. The van der Waals surface area contributed by atoms with Crippen LogP contribution in [0.3, 0.4) is 0 Å². The number of hydrogen-bond acceptors (Lipinski definition) is 5. The van der Waals surface area contributed by atoms with Gasteiger partial charge in [0, 0.05) is 45.4 Å². The number of nitrogens with zero attached hydrogens (tertiary/aromatic N) is 3. The number of aromatic carboxylic acids is 1. The Morgan fingerprint density at radius 3 is 2.54 bits per heavy atom. The molecule has 1 unspecified atom stereocenters. The lowest BCUT2D eigenvalue weighted by atomic mass is 10.1. The van der Waals surface area contributed by atoms with Crippen LogP contribution in [0.1, 0.15) is 23.0 Å². The Balaban J connectivity index is 1.48. The summed E-state index contributed by atoms with van der Waals surface area (Å²) >= 11 is 13.5. The van der Waals surface area contributed by atoms with Crippen molar-refractivity contribution >= 4 is 64.4 Å². The second kappa shape index (κ2) is 10.3. The van der Waals surface area contributed by atoms with Gasteiger partial charge in [0.05, 0.1) is 16.4 Å². The van der Waals surface area contributed by atoms with Crippen molar-refractivity contribution in [2.75, 3.05) is 11.2 Å². The molecule has 0 aliphatic heterocycles. The van der Waals surface area contributed by atoms with Crippen molar-refractivity contribution in [3.05, 3.63) is 88.0 Å². The lowest BCUT2D eigenvalue weighted by molar-refractivity contribution is 0.0703. The van der Waals surface area contributed by atoms with Gasteiger partial charge in [0.15, 0.2) is 12.9 Å². The van der Waals surface area contributed by atoms with E-state index in [0.29, 0.717) is 28.6 Å². The van der Waals surface area contributed by atoms with Gasteiger partial charge in [-0.15, -0.1) is 11.3 Å². The summed E-state index contributed by atoms with van der Waals surface area (Å²) in [6.07, 6.45) is 4.47. The summed E-state index contributed by atoms with van der Waals surface area (Å²) < 4.78 is 15.8. The van der Waals surface area contributed by atoms with E-state index in [1.54, 1.807) is 35.0 Å². The van der Waals surface area contributed by atoms with Crippen LogP contribution in [0.2, 0.25) is 10.0 Å². The monoisotopic (exact) mass is 570 g/mol. The molecule has 0 aliphatic carbocycles. The van der Waals surface area contributed by atoms with Crippen molar-refractivity contribution in [2.45, 2.75) is 13.3 Å². The van der Waals surface area contributed by atoms with Gasteiger partial charge in [0.1, 0.15) is 4.88 Å². The molecule has 0 aliphatic rings. The fourth-order valence-electron chi connectivity index (χ4n) is 4.07. The first-order chi connectivity index (χ1) is 17.8. The molecule has 0 saturated heterocycles. The predicted octanol–water partition coefficient (Wildman–Crippen LogP) is 7.56. The Morgan fingerprint density at radius 2 is 1.86 bits per heavy atom. The summed E-state index contributed by atoms with van der Waals surface area (Å²) in [7, 11) is -3.27. The molecule has 0 bridgehead atoms. The largest absolute Gasteiger partial charge is 0.477 e. The highest BCUT2D eigenvalue weighted by atomic mass is 35.5. The summed E-state index contributed by atoms with van der Waals surface area (Å²) in [4.78, 5) is 17.2. The lowest BCUT2D eigenvalue weighted by Gasteiger charge is -2.21. The fraction of sp³-hybridized carbons (Fsp3) is 0.115. The molecular formula is C26H21Cl2N4O3PS. The number of benzene rings is 2. The van der Waals surface area contributed by atoms with Gasteiger partial charge in [0.2, 0.25) is 0 Å². The smallest absolute Gasteiger partial charge is 0.348 e. The van der Waals surface area contributed by atoms with Crippen LogP contribution in [0.15, 0.2) is 73.1 Å². The minimum absolute atomic E-state index is 0.0758. The Kier molecular flexibility index (Phi) is 7.10. The van der Waals surface area contributed by atoms with Crippen molar-refractivity contribution in [2.24, 2.45) is 0 Å². The molecular weight excluding hydrogens is 550 g/mol. The van der Waals surface area contributed by atoms with E-state index in [-0.39, 0.29) is 9.90 Å². The second-order valence-electron chi connectivity index (χ2n) is 8.36. The zero-order chi connectivity index (χ0) is 26.2. The van der Waals surface area contributed by atoms with E-state index in [1.807, 2.05) is 49.5 Å². The lowest BCUT2D eigenvalue weighted by Crippen LogP contribution is -2.16. The molecule has 2 aromatic carbocycles. The number of rotatable bonds is 8. The molecule has 5 aromatic rings. The van der Waals surface area contributed by atoms with Crippen LogP contribution in [-0.4, -0.2) is 31.8 Å². The predicted molar refractivity (Wildman–Crippen MR) is 151 cm³/mol. The normalized spacial score (nSPS) is 12.9. The number of thiophene rings is 1. The molecule has 3 heterocycles. The quantitative estimate of drug-likeness (QED) is 0.187. The van der Waals surface area contributed by atoms with Crippen LogP contribution in [0.4, 0.5) is 5.69 Å². The zero-order valence-electron chi connectivity index (χ0n) is 19.6. The molecule has 188 valence electrons. The standard InChI is InChI=1S/C26H21Cl2N4O3PS/c1-2-12-36(35,22-9-8-18(27)13-19(22)28)31-21-14-23(37-25(21)26(33)34)17-6-4-16(5-7-17)20-15-24-29-10-3-11-32(24)30-20/h3-11,13-15H,2,12H2,1H3,(H,31,35)(H,33,34). The van der Waals surface area contributed by atoms with E-state index in [0.717, 1.165) is 38.7 Å². The fourth-order valence-corrected chi connectivity index (χ4v) is 8.32. The molecule has 0 spiro atoms. The Hall–Kier alpha value is -3.16. The van der Waals surface area contributed by atoms with Crippen molar-refractivity contribution < 1.29 is 14.5 Å². The molecule has 3 aromatic heterocycles. The van der Waals surface area contributed by atoms with E-state index in [9.17, 15) is 14.5 Å². The number of nitrogens with one attached hydrogen (secondary N) is 1. The molecule has 0 radical (unpaired) electrons. The number of halogens is 2. The Labute approximate surface area is 227 Å². The van der Waals surface area contributed by atoms with Crippen molar-refractivity contribution in [3.63, 3.8) is 0 Å². The van der Waals surface area contributed by atoms with E-state index < -0.39 is 13.3 Å². The average molecular weight is 571 g/mol. The molecule has 0 amide bonds. The van der Waals surface area contributed by atoms with Gasteiger partial charge in [0.25, 0.3) is 0 Å². The molecule has 37 heavy (non-hydrogen) atoms. The number of fused-ring (bicyclic) bond motifs is 1. The number of carboxylic acids is 1. The number of anilines is 1. The third kappa shape index (κ3) is 5.15. The summed E-state index contributed by atoms with van der Waals surface area (Å²) in [6, 6.07) is 17.9. The van der Waals surface area contributed by atoms with E-state index >= 15 is 0 Å². The first-order valence-electron chi connectivity index (χ1n) is 11.4. The van der Waals surface area contributed by atoms with E-state index in [4.69, 9.17) is 23.2 Å². The maximum absolute atomic E-state index is 14.1. The number of aromatic nitrogens is 3. The summed E-state index contributed by atoms with van der Waals surface area (Å²) in [6.45, 7) is 1.91. The first kappa shape index (κ1) is 25.5. The third-order valence-electron chi connectivity index (χ3n) is 5.77. The molecule has 0 fully saturated rings. The molecule has 5 rings (SSSR count). The number of carboxylic acid groups (broad SMARTS) is 1. The molecule has 0 saturated carbocycles. The molecule has 7 nitrogen and oxygen atoms in total. The van der Waals surface area contributed by atoms with Crippen LogP contribution in [0, 0.1) is 0 Å². The highest BCUT2D eigenvalue weighted by molar-refractivity contribution is 7.73. The van der Waals surface area contributed by atoms with Gasteiger partial charge in [-0.3, -0.25) is 4.57 Å². The minimum atomic E-state index is -3.27. The van der Waals surface area contributed by atoms with Crippen molar-refractivity contribution in [1.29, 1.82) is 0 Å². The van der Waals surface area contributed by atoms with Crippen LogP contribution >= 0.6 is 41.8 Å². The van der Waals surface area contributed by atoms with Crippen LogP contribution in [-0.2, 0) is 4.57 Å². The number of carbonyl (C=O) groups is 1. The molecule has 1 atom stereocenters. The minimum Gasteiger partial charge on any atom is -0.477 e. The van der Waals surface area contributed by atoms with Gasteiger partial charge < -0.3 is 10.2 Å². The maximum atomic E-state index is 14.1. The Bertz CT molecular complexity index is 1630. The highest BCUT2D eigenvalue weighted by Gasteiger charge is 2.29. The van der Waals surface area contributed by atoms with Crippen LogP contribution in [0.5, 0.6) is 0 Å². The summed E-state index contributed by atoms with van der Waals surface area (Å²) in [5, 5.41) is 18.6. The van der Waals surface area contributed by atoms with Crippen molar-refractivity contribution in [3.8, 4) is 21.7 Å². The maximum Gasteiger partial charge on any atom is 0.348 e.